The van der Waals surface area contributed by atoms with Crippen LogP contribution in [0.5, 0.6) is 0 Å². The van der Waals surface area contributed by atoms with Crippen LogP contribution in [-0.4, -0.2) is 17.2 Å². The standard InChI is InChI=1S/C8H13N3O/c1-8(2)6-5(4-12-8)7(9-3)11-10-6/h4H2,1-3H3,(H2,9,10,11). The molecule has 0 saturated carbocycles. The van der Waals surface area contributed by atoms with Gasteiger partial charge in [0.2, 0.25) is 0 Å². The highest BCUT2D eigenvalue weighted by Crippen LogP contribution is 2.37. The van der Waals surface area contributed by atoms with Crippen LogP contribution in [0, 0.1) is 0 Å². The molecule has 4 nitrogen and oxygen atoms in total. The molecule has 0 amide bonds. The zero-order valence-corrected chi connectivity index (χ0v) is 7.56. The van der Waals surface area contributed by atoms with Gasteiger partial charge in [-0.2, -0.15) is 5.10 Å². The average molecular weight is 167 g/mol. The third-order valence-corrected chi connectivity index (χ3v) is 2.28. The molecule has 1 aromatic heterocycles. The molecular formula is C8H13N3O. The van der Waals surface area contributed by atoms with Crippen molar-refractivity contribution in [3.63, 3.8) is 0 Å². The van der Waals surface area contributed by atoms with Gasteiger partial charge in [0.25, 0.3) is 0 Å². The molecule has 0 radical (unpaired) electrons. The predicted octanol–water partition coefficient (Wildman–Crippen LogP) is 1.22. The number of aromatic nitrogens is 2. The summed E-state index contributed by atoms with van der Waals surface area (Å²) < 4.78 is 5.58. The van der Waals surface area contributed by atoms with Crippen molar-refractivity contribution in [2.75, 3.05) is 12.4 Å². The Morgan fingerprint density at radius 1 is 1.58 bits per heavy atom. The first-order valence-corrected chi connectivity index (χ1v) is 4.04. The van der Waals surface area contributed by atoms with E-state index in [1.54, 1.807) is 0 Å². The summed E-state index contributed by atoms with van der Waals surface area (Å²) in [7, 11) is 1.86. The van der Waals surface area contributed by atoms with Crippen LogP contribution in [0.2, 0.25) is 0 Å². The summed E-state index contributed by atoms with van der Waals surface area (Å²) in [5, 5.41) is 10.1. The predicted molar refractivity (Wildman–Crippen MR) is 45.9 cm³/mol. The van der Waals surface area contributed by atoms with Gasteiger partial charge in [0.1, 0.15) is 5.60 Å². The van der Waals surface area contributed by atoms with E-state index in [-0.39, 0.29) is 5.60 Å². The summed E-state index contributed by atoms with van der Waals surface area (Å²) in [5.74, 6) is 0.899. The highest BCUT2D eigenvalue weighted by Gasteiger charge is 2.34. The minimum absolute atomic E-state index is 0.211. The quantitative estimate of drug-likeness (QED) is 0.661. The van der Waals surface area contributed by atoms with E-state index in [2.05, 4.69) is 15.5 Å². The van der Waals surface area contributed by atoms with E-state index in [1.165, 1.54) is 0 Å². The van der Waals surface area contributed by atoms with Gasteiger partial charge < -0.3 is 10.1 Å². The molecule has 0 aliphatic carbocycles. The van der Waals surface area contributed by atoms with Gasteiger partial charge in [-0.3, -0.25) is 5.10 Å². The minimum atomic E-state index is -0.211. The van der Waals surface area contributed by atoms with Gasteiger partial charge in [0.05, 0.1) is 12.3 Å². The Balaban J connectivity index is 2.49. The number of hydrogen-bond acceptors (Lipinski definition) is 3. The van der Waals surface area contributed by atoms with Gasteiger partial charge in [-0.25, -0.2) is 0 Å². The summed E-state index contributed by atoms with van der Waals surface area (Å²) in [6.07, 6.45) is 0. The Hall–Kier alpha value is -1.03. The van der Waals surface area contributed by atoms with E-state index in [9.17, 15) is 0 Å². The van der Waals surface area contributed by atoms with Crippen molar-refractivity contribution >= 4 is 5.82 Å². The normalized spacial score (nSPS) is 19.2. The number of fused-ring (bicyclic) bond motifs is 1. The topological polar surface area (TPSA) is 49.9 Å². The lowest BCUT2D eigenvalue weighted by Crippen LogP contribution is -2.15. The fraction of sp³-hybridized carbons (Fsp3) is 0.625. The van der Waals surface area contributed by atoms with E-state index in [4.69, 9.17) is 4.74 Å². The summed E-state index contributed by atoms with van der Waals surface area (Å²) in [5.41, 5.74) is 2.03. The molecule has 0 spiro atoms. The van der Waals surface area contributed by atoms with Gasteiger partial charge in [-0.05, 0) is 13.8 Å². The number of nitrogens with one attached hydrogen (secondary N) is 2. The largest absolute Gasteiger partial charge is 0.371 e. The molecule has 66 valence electrons. The van der Waals surface area contributed by atoms with Crippen molar-refractivity contribution in [3.8, 4) is 0 Å². The zero-order valence-electron chi connectivity index (χ0n) is 7.56. The number of nitrogens with zero attached hydrogens (tertiary/aromatic N) is 1. The maximum atomic E-state index is 5.58. The average Bonchev–Trinajstić information content (AvgIpc) is 2.53. The van der Waals surface area contributed by atoms with Crippen molar-refractivity contribution in [1.29, 1.82) is 0 Å². The third-order valence-electron chi connectivity index (χ3n) is 2.28. The first-order valence-electron chi connectivity index (χ1n) is 4.04. The summed E-state index contributed by atoms with van der Waals surface area (Å²) in [6.45, 7) is 4.72. The highest BCUT2D eigenvalue weighted by atomic mass is 16.5. The Bertz CT molecular complexity index is 303. The molecule has 0 atom stereocenters. The fourth-order valence-electron chi connectivity index (χ4n) is 1.54. The van der Waals surface area contributed by atoms with E-state index in [1.807, 2.05) is 20.9 Å². The van der Waals surface area contributed by atoms with Crippen LogP contribution < -0.4 is 5.32 Å². The first-order chi connectivity index (χ1) is 5.65. The lowest BCUT2D eigenvalue weighted by atomic mass is 10.0. The van der Waals surface area contributed by atoms with Crippen molar-refractivity contribution in [2.45, 2.75) is 26.1 Å². The molecular weight excluding hydrogens is 154 g/mol. The Kier molecular flexibility index (Phi) is 1.41. The molecule has 1 aliphatic rings. The Labute approximate surface area is 71.3 Å². The minimum Gasteiger partial charge on any atom is -0.371 e. The van der Waals surface area contributed by atoms with Gasteiger partial charge >= 0.3 is 0 Å². The molecule has 0 unspecified atom stereocenters. The van der Waals surface area contributed by atoms with Crippen LogP contribution >= 0.6 is 0 Å². The van der Waals surface area contributed by atoms with Crippen molar-refractivity contribution in [2.24, 2.45) is 0 Å². The van der Waals surface area contributed by atoms with E-state index in [0.29, 0.717) is 6.61 Å². The molecule has 0 bridgehead atoms. The first kappa shape index (κ1) is 7.61. The molecule has 4 heteroatoms. The van der Waals surface area contributed by atoms with Gasteiger partial charge in [0, 0.05) is 12.6 Å². The van der Waals surface area contributed by atoms with Gasteiger partial charge in [-0.1, -0.05) is 0 Å². The van der Waals surface area contributed by atoms with Crippen LogP contribution in [0.25, 0.3) is 0 Å². The molecule has 0 aromatic carbocycles. The van der Waals surface area contributed by atoms with Crippen LogP contribution in [-0.2, 0) is 16.9 Å². The number of rotatable bonds is 1. The third kappa shape index (κ3) is 0.845. The maximum Gasteiger partial charge on any atom is 0.153 e. The molecule has 1 aliphatic heterocycles. The summed E-state index contributed by atoms with van der Waals surface area (Å²) >= 11 is 0. The van der Waals surface area contributed by atoms with Gasteiger partial charge in [-0.15, -0.1) is 0 Å². The molecule has 12 heavy (non-hydrogen) atoms. The van der Waals surface area contributed by atoms with Crippen molar-refractivity contribution in [1.82, 2.24) is 10.2 Å². The second kappa shape index (κ2) is 2.23. The Morgan fingerprint density at radius 2 is 2.33 bits per heavy atom. The number of aromatic amines is 1. The van der Waals surface area contributed by atoms with Crippen LogP contribution in [0.3, 0.4) is 0 Å². The molecule has 0 saturated heterocycles. The second-order valence-corrected chi connectivity index (χ2v) is 3.47. The van der Waals surface area contributed by atoms with Crippen LogP contribution in [0.1, 0.15) is 25.1 Å². The number of anilines is 1. The van der Waals surface area contributed by atoms with Crippen LogP contribution in [0.4, 0.5) is 5.82 Å². The van der Waals surface area contributed by atoms with E-state index in [0.717, 1.165) is 17.1 Å². The molecule has 1 aromatic rings. The molecule has 2 rings (SSSR count). The number of H-pyrrole nitrogens is 1. The SMILES string of the molecule is CNc1n[nH]c2c1COC2(C)C. The second-order valence-electron chi connectivity index (χ2n) is 3.47. The number of ether oxygens (including phenoxy) is 1. The maximum absolute atomic E-state index is 5.58. The summed E-state index contributed by atoms with van der Waals surface area (Å²) in [6, 6.07) is 0. The monoisotopic (exact) mass is 167 g/mol. The van der Waals surface area contributed by atoms with Crippen molar-refractivity contribution in [3.05, 3.63) is 11.3 Å². The fourth-order valence-corrected chi connectivity index (χ4v) is 1.54. The van der Waals surface area contributed by atoms with E-state index < -0.39 is 0 Å². The number of hydrogen-bond donors (Lipinski definition) is 2. The molecule has 2 N–H and O–H groups in total. The Morgan fingerprint density at radius 3 is 3.00 bits per heavy atom. The smallest absolute Gasteiger partial charge is 0.153 e. The van der Waals surface area contributed by atoms with Crippen LogP contribution in [0.15, 0.2) is 0 Å². The van der Waals surface area contributed by atoms with E-state index >= 15 is 0 Å². The van der Waals surface area contributed by atoms with Crippen molar-refractivity contribution < 1.29 is 4.74 Å². The molecule has 2 heterocycles. The highest BCUT2D eigenvalue weighted by molar-refractivity contribution is 5.48. The summed E-state index contributed by atoms with van der Waals surface area (Å²) in [4.78, 5) is 0. The lowest BCUT2D eigenvalue weighted by Gasteiger charge is -2.15. The van der Waals surface area contributed by atoms with Gasteiger partial charge in [0.15, 0.2) is 5.82 Å². The molecule has 0 fully saturated rings. The zero-order chi connectivity index (χ0) is 8.77. The lowest BCUT2D eigenvalue weighted by molar-refractivity contribution is -0.0110.